The fraction of sp³-hybridized carbons (Fsp3) is 0.333. The van der Waals surface area contributed by atoms with Crippen LogP contribution in [0.25, 0.3) is 10.9 Å². The topological polar surface area (TPSA) is 92.4 Å². The summed E-state index contributed by atoms with van der Waals surface area (Å²) in [5.74, 6) is 0.565. The smallest absolute Gasteiger partial charge is 0.270 e. The van der Waals surface area contributed by atoms with Crippen molar-refractivity contribution in [1.82, 2.24) is 9.97 Å². The molecule has 19 heavy (non-hydrogen) atoms. The highest BCUT2D eigenvalue weighted by Crippen LogP contribution is 2.26. The van der Waals surface area contributed by atoms with Crippen LogP contribution in [0.15, 0.2) is 24.5 Å². The van der Waals surface area contributed by atoms with Crippen molar-refractivity contribution in [3.63, 3.8) is 0 Å². The van der Waals surface area contributed by atoms with E-state index in [0.717, 1.165) is 0 Å². The quantitative estimate of drug-likeness (QED) is 0.660. The molecule has 1 aromatic carbocycles. The third-order valence-corrected chi connectivity index (χ3v) is 3.07. The zero-order valence-electron chi connectivity index (χ0n) is 10.6. The van der Waals surface area contributed by atoms with Crippen LogP contribution in [0.4, 0.5) is 11.5 Å². The maximum absolute atomic E-state index is 10.8. The molecule has 2 rings (SSSR count). The van der Waals surface area contributed by atoms with Gasteiger partial charge in [-0.2, -0.15) is 0 Å². The zero-order chi connectivity index (χ0) is 14.0. The molecule has 0 amide bonds. The Morgan fingerprint density at radius 1 is 1.47 bits per heavy atom. The molecule has 0 spiro atoms. The van der Waals surface area contributed by atoms with Crippen molar-refractivity contribution in [2.75, 3.05) is 18.6 Å². The molecule has 1 aromatic heterocycles. The molecule has 0 saturated carbocycles. The number of benzene rings is 1. The minimum absolute atomic E-state index is 0.00592. The van der Waals surface area contributed by atoms with E-state index in [1.165, 1.54) is 18.5 Å². The number of nitro benzene ring substituents is 1. The third kappa shape index (κ3) is 2.45. The first-order valence-electron chi connectivity index (χ1n) is 5.77. The van der Waals surface area contributed by atoms with Crippen LogP contribution in [-0.4, -0.2) is 39.7 Å². The molecule has 100 valence electrons. The molecule has 0 bridgehead atoms. The van der Waals surface area contributed by atoms with Crippen LogP contribution in [0.2, 0.25) is 0 Å². The van der Waals surface area contributed by atoms with Gasteiger partial charge in [-0.3, -0.25) is 10.1 Å². The lowest BCUT2D eigenvalue weighted by atomic mass is 10.2. The number of aliphatic hydroxyl groups excluding tert-OH is 1. The van der Waals surface area contributed by atoms with Gasteiger partial charge in [0.15, 0.2) is 0 Å². The lowest BCUT2D eigenvalue weighted by molar-refractivity contribution is -0.384. The highest BCUT2D eigenvalue weighted by Gasteiger charge is 2.16. The summed E-state index contributed by atoms with van der Waals surface area (Å²) in [6.07, 6.45) is 1.41. The van der Waals surface area contributed by atoms with E-state index in [-0.39, 0.29) is 18.3 Å². The fourth-order valence-corrected chi connectivity index (χ4v) is 1.76. The Kier molecular flexibility index (Phi) is 3.57. The predicted molar refractivity (Wildman–Crippen MR) is 71.1 cm³/mol. The van der Waals surface area contributed by atoms with Crippen LogP contribution in [0.3, 0.4) is 0 Å². The number of nitro groups is 1. The van der Waals surface area contributed by atoms with Crippen LogP contribution in [0, 0.1) is 10.1 Å². The summed E-state index contributed by atoms with van der Waals surface area (Å²) in [5.41, 5.74) is 0.626. The summed E-state index contributed by atoms with van der Waals surface area (Å²) in [5, 5.41) is 20.6. The first kappa shape index (κ1) is 13.2. The lowest BCUT2D eigenvalue weighted by Gasteiger charge is -2.25. The van der Waals surface area contributed by atoms with Crippen LogP contribution in [-0.2, 0) is 0 Å². The minimum atomic E-state index is -0.453. The molecule has 0 saturated heterocycles. The molecule has 0 radical (unpaired) electrons. The second-order valence-corrected chi connectivity index (χ2v) is 4.30. The van der Waals surface area contributed by atoms with Gasteiger partial charge in [0.1, 0.15) is 12.1 Å². The molecular weight excluding hydrogens is 248 g/mol. The molecule has 0 fully saturated rings. The molecule has 1 unspecified atom stereocenters. The number of likely N-dealkylation sites (N-methyl/N-ethyl adjacent to an activating group) is 1. The zero-order valence-corrected chi connectivity index (χ0v) is 10.6. The monoisotopic (exact) mass is 262 g/mol. The molecule has 7 nitrogen and oxygen atoms in total. The number of rotatable bonds is 4. The summed E-state index contributed by atoms with van der Waals surface area (Å²) < 4.78 is 0. The summed E-state index contributed by atoms with van der Waals surface area (Å²) in [6, 6.07) is 4.31. The van der Waals surface area contributed by atoms with Crippen molar-refractivity contribution in [3.05, 3.63) is 34.6 Å². The van der Waals surface area contributed by atoms with Crippen molar-refractivity contribution in [2.24, 2.45) is 0 Å². The average Bonchev–Trinajstić information content (AvgIpc) is 2.44. The molecule has 1 heterocycles. The molecule has 0 aliphatic rings. The number of non-ortho nitro benzene ring substituents is 1. The van der Waals surface area contributed by atoms with Crippen LogP contribution in [0.5, 0.6) is 0 Å². The average molecular weight is 262 g/mol. The first-order valence-corrected chi connectivity index (χ1v) is 5.77. The SMILES string of the molecule is CC(CO)N(C)c1ncnc2ccc([N+](=O)[O-])cc12. The van der Waals surface area contributed by atoms with Crippen molar-refractivity contribution >= 4 is 22.4 Å². The highest BCUT2D eigenvalue weighted by molar-refractivity contribution is 5.91. The van der Waals surface area contributed by atoms with E-state index in [2.05, 4.69) is 9.97 Å². The maximum atomic E-state index is 10.8. The van der Waals surface area contributed by atoms with Crippen LogP contribution in [0.1, 0.15) is 6.92 Å². The van der Waals surface area contributed by atoms with Gasteiger partial charge in [0, 0.05) is 24.6 Å². The second-order valence-electron chi connectivity index (χ2n) is 4.30. The largest absolute Gasteiger partial charge is 0.394 e. The second kappa shape index (κ2) is 5.15. The van der Waals surface area contributed by atoms with Crippen LogP contribution < -0.4 is 4.90 Å². The van der Waals surface area contributed by atoms with E-state index in [4.69, 9.17) is 0 Å². The normalized spacial score (nSPS) is 12.4. The molecule has 7 heteroatoms. The number of hydrogen-bond acceptors (Lipinski definition) is 6. The highest BCUT2D eigenvalue weighted by atomic mass is 16.6. The standard InChI is InChI=1S/C12H14N4O3/c1-8(6-17)15(2)12-10-5-9(16(18)19)3-4-11(10)13-7-14-12/h3-5,7-8,17H,6H2,1-2H3. The molecule has 0 aliphatic carbocycles. The lowest BCUT2D eigenvalue weighted by Crippen LogP contribution is -2.32. The maximum Gasteiger partial charge on any atom is 0.270 e. The van der Waals surface area contributed by atoms with Crippen LogP contribution >= 0.6 is 0 Å². The number of anilines is 1. The summed E-state index contributed by atoms with van der Waals surface area (Å²) in [7, 11) is 1.78. The Hall–Kier alpha value is -2.28. The number of fused-ring (bicyclic) bond motifs is 1. The number of hydrogen-bond donors (Lipinski definition) is 1. The Morgan fingerprint density at radius 3 is 2.84 bits per heavy atom. The van der Waals surface area contributed by atoms with Crippen molar-refractivity contribution in [3.8, 4) is 0 Å². The molecule has 2 aromatic rings. The molecular formula is C12H14N4O3. The van der Waals surface area contributed by atoms with Crippen molar-refractivity contribution in [2.45, 2.75) is 13.0 Å². The Labute approximate surface area is 109 Å². The number of aliphatic hydroxyl groups is 1. The van der Waals surface area contributed by atoms with E-state index in [1.54, 1.807) is 18.0 Å². The summed E-state index contributed by atoms with van der Waals surface area (Å²) in [6.45, 7) is 1.81. The number of nitrogens with zero attached hydrogens (tertiary/aromatic N) is 4. The molecule has 0 aliphatic heterocycles. The van der Waals surface area contributed by atoms with E-state index >= 15 is 0 Å². The molecule has 1 atom stereocenters. The third-order valence-electron chi connectivity index (χ3n) is 3.07. The van der Waals surface area contributed by atoms with Crippen molar-refractivity contribution < 1.29 is 10.0 Å². The van der Waals surface area contributed by atoms with Gasteiger partial charge in [-0.1, -0.05) is 0 Å². The van der Waals surface area contributed by atoms with Gasteiger partial charge in [-0.25, -0.2) is 9.97 Å². The first-order chi connectivity index (χ1) is 9.04. The minimum Gasteiger partial charge on any atom is -0.394 e. The van der Waals surface area contributed by atoms with Gasteiger partial charge in [0.05, 0.1) is 23.1 Å². The molecule has 1 N–H and O–H groups in total. The van der Waals surface area contributed by atoms with Gasteiger partial charge < -0.3 is 10.0 Å². The Balaban J connectivity index is 2.60. The van der Waals surface area contributed by atoms with E-state index in [0.29, 0.717) is 16.7 Å². The van der Waals surface area contributed by atoms with Gasteiger partial charge in [0.25, 0.3) is 5.69 Å². The van der Waals surface area contributed by atoms with E-state index in [9.17, 15) is 15.2 Å². The van der Waals surface area contributed by atoms with E-state index in [1.807, 2.05) is 6.92 Å². The van der Waals surface area contributed by atoms with E-state index < -0.39 is 4.92 Å². The summed E-state index contributed by atoms with van der Waals surface area (Å²) >= 11 is 0. The fourth-order valence-electron chi connectivity index (χ4n) is 1.76. The van der Waals surface area contributed by atoms with Gasteiger partial charge in [-0.05, 0) is 13.0 Å². The summed E-state index contributed by atoms with van der Waals surface area (Å²) in [4.78, 5) is 20.4. The predicted octanol–water partition coefficient (Wildman–Crippen LogP) is 1.35. The van der Waals surface area contributed by atoms with Gasteiger partial charge in [0.2, 0.25) is 0 Å². The number of aromatic nitrogens is 2. The van der Waals surface area contributed by atoms with Gasteiger partial charge >= 0.3 is 0 Å². The van der Waals surface area contributed by atoms with Crippen molar-refractivity contribution in [1.29, 1.82) is 0 Å². The Bertz CT molecular complexity index is 617. The van der Waals surface area contributed by atoms with Gasteiger partial charge in [-0.15, -0.1) is 0 Å². The Morgan fingerprint density at radius 2 is 2.21 bits per heavy atom.